The molecule has 0 spiro atoms. The highest BCUT2D eigenvalue weighted by atomic mass is 35.5. The number of nitrogens with one attached hydrogen (secondary N) is 1. The van der Waals surface area contributed by atoms with E-state index in [1.807, 2.05) is 45.0 Å². The van der Waals surface area contributed by atoms with Gasteiger partial charge < -0.3 is 28.6 Å². The molecule has 1 saturated heterocycles. The number of aromatic nitrogens is 4. The zero-order valence-corrected chi connectivity index (χ0v) is 23.3. The zero-order valence-electron chi connectivity index (χ0n) is 22.6. The first-order valence-corrected chi connectivity index (χ1v) is 13.0. The minimum Gasteiger partial charge on any atom is -0.493 e. The van der Waals surface area contributed by atoms with E-state index >= 15 is 0 Å². The second kappa shape index (κ2) is 10.7. The molecule has 2 aliphatic rings. The lowest BCUT2D eigenvalue weighted by Gasteiger charge is -2.43. The Labute approximate surface area is 231 Å². The molecule has 5 rings (SSSR count). The average Bonchev–Trinajstić information content (AvgIpc) is 3.41. The number of benzene rings is 2. The van der Waals surface area contributed by atoms with E-state index in [1.165, 1.54) is 0 Å². The van der Waals surface area contributed by atoms with Gasteiger partial charge in [-0.2, -0.15) is 5.21 Å². The lowest BCUT2D eigenvalue weighted by Crippen LogP contribution is -2.53. The summed E-state index contributed by atoms with van der Waals surface area (Å²) in [4.78, 5) is 16.0. The minimum atomic E-state index is -0.944. The number of tetrazole rings is 1. The van der Waals surface area contributed by atoms with E-state index in [2.05, 4.69) is 20.6 Å². The Morgan fingerprint density at radius 3 is 2.54 bits per heavy atom. The van der Waals surface area contributed by atoms with Crippen LogP contribution in [0, 0.1) is 5.41 Å². The van der Waals surface area contributed by atoms with Crippen molar-refractivity contribution >= 4 is 23.2 Å². The van der Waals surface area contributed by atoms with Gasteiger partial charge >= 0.3 is 0 Å². The van der Waals surface area contributed by atoms with Gasteiger partial charge in [0.15, 0.2) is 23.1 Å². The van der Waals surface area contributed by atoms with Crippen LogP contribution in [0.5, 0.6) is 11.5 Å². The van der Waals surface area contributed by atoms with Crippen molar-refractivity contribution in [1.29, 1.82) is 0 Å². The predicted molar refractivity (Wildman–Crippen MR) is 142 cm³/mol. The number of para-hydroxylation sites is 1. The maximum absolute atomic E-state index is 14.3. The molecule has 1 fully saturated rings. The fourth-order valence-electron chi connectivity index (χ4n) is 4.91. The van der Waals surface area contributed by atoms with Crippen LogP contribution in [0.1, 0.15) is 43.8 Å². The van der Waals surface area contributed by atoms with Crippen LogP contribution >= 0.6 is 11.6 Å². The lowest BCUT2D eigenvalue weighted by molar-refractivity contribution is -0.280. The fourth-order valence-corrected chi connectivity index (χ4v) is 5.10. The van der Waals surface area contributed by atoms with Crippen LogP contribution in [0.15, 0.2) is 36.4 Å². The zero-order chi connectivity index (χ0) is 27.8. The van der Waals surface area contributed by atoms with Crippen molar-refractivity contribution in [3.63, 3.8) is 0 Å². The van der Waals surface area contributed by atoms with Gasteiger partial charge in [-0.15, -0.1) is 10.2 Å². The van der Waals surface area contributed by atoms with Crippen molar-refractivity contribution in [2.24, 2.45) is 5.41 Å². The predicted octanol–water partition coefficient (Wildman–Crippen LogP) is 3.72. The largest absolute Gasteiger partial charge is 0.493 e. The lowest BCUT2D eigenvalue weighted by atomic mass is 9.89. The Morgan fingerprint density at radius 2 is 1.87 bits per heavy atom. The summed E-state index contributed by atoms with van der Waals surface area (Å²) in [6.07, 6.45) is -1.56. The molecule has 1 amide bonds. The van der Waals surface area contributed by atoms with Crippen LogP contribution in [-0.4, -0.2) is 72.4 Å². The first-order chi connectivity index (χ1) is 18.6. The molecule has 2 atom stereocenters. The quantitative estimate of drug-likeness (QED) is 0.463. The van der Waals surface area contributed by atoms with Crippen LogP contribution in [-0.2, 0) is 25.4 Å². The van der Waals surface area contributed by atoms with Crippen LogP contribution < -0.4 is 14.4 Å². The highest BCUT2D eigenvalue weighted by Crippen LogP contribution is 2.46. The number of ether oxygens (including phenoxy) is 5. The molecule has 0 unspecified atom stereocenters. The number of fused-ring (bicyclic) bond motifs is 1. The van der Waals surface area contributed by atoms with Gasteiger partial charge in [0, 0.05) is 40.2 Å². The third-order valence-corrected chi connectivity index (χ3v) is 7.19. The van der Waals surface area contributed by atoms with E-state index in [1.54, 1.807) is 31.3 Å². The summed E-state index contributed by atoms with van der Waals surface area (Å²) in [6, 6.07) is 11.0. The summed E-state index contributed by atoms with van der Waals surface area (Å²) in [5.74, 6) is 0.450. The van der Waals surface area contributed by atoms with Gasteiger partial charge in [-0.05, 0) is 38.1 Å². The molecule has 2 aromatic carbocycles. The summed E-state index contributed by atoms with van der Waals surface area (Å²) in [6.45, 7) is 6.94. The Morgan fingerprint density at radius 1 is 1.10 bits per heavy atom. The molecule has 0 radical (unpaired) electrons. The molecule has 12 heteroatoms. The molecule has 39 heavy (non-hydrogen) atoms. The Kier molecular flexibility index (Phi) is 7.51. The smallest absolute Gasteiger partial charge is 0.256 e. The highest BCUT2D eigenvalue weighted by Gasteiger charge is 2.44. The molecule has 0 saturated carbocycles. The second-order valence-electron chi connectivity index (χ2n) is 10.5. The number of hydrogen-bond donors (Lipinski definition) is 1. The molecule has 1 N–H and O–H groups in total. The number of anilines is 1. The summed E-state index contributed by atoms with van der Waals surface area (Å²) in [7, 11) is 3.14. The van der Waals surface area contributed by atoms with Crippen LogP contribution in [0.4, 0.5) is 5.69 Å². The molecule has 3 heterocycles. The van der Waals surface area contributed by atoms with Gasteiger partial charge in [-0.3, -0.25) is 4.79 Å². The molecule has 208 valence electrons. The Bertz CT molecular complexity index is 1320. The van der Waals surface area contributed by atoms with Crippen LogP contribution in [0.2, 0.25) is 5.02 Å². The van der Waals surface area contributed by atoms with Crippen molar-refractivity contribution in [3.05, 3.63) is 58.4 Å². The van der Waals surface area contributed by atoms with E-state index in [0.29, 0.717) is 58.9 Å². The number of rotatable bonds is 7. The van der Waals surface area contributed by atoms with Crippen molar-refractivity contribution in [3.8, 4) is 11.5 Å². The van der Waals surface area contributed by atoms with Gasteiger partial charge in [0.05, 0.1) is 27.4 Å². The maximum atomic E-state index is 14.3. The van der Waals surface area contributed by atoms with Crippen molar-refractivity contribution in [1.82, 2.24) is 20.6 Å². The Balaban J connectivity index is 1.63. The third-order valence-electron chi connectivity index (χ3n) is 6.95. The number of hydrogen-bond acceptors (Lipinski definition) is 9. The topological polar surface area (TPSA) is 121 Å². The monoisotopic (exact) mass is 557 g/mol. The minimum absolute atomic E-state index is 0.104. The second-order valence-corrected chi connectivity index (χ2v) is 11.0. The van der Waals surface area contributed by atoms with Gasteiger partial charge in [-0.25, -0.2) is 0 Å². The molecule has 11 nitrogen and oxygen atoms in total. The van der Waals surface area contributed by atoms with Crippen LogP contribution in [0.3, 0.4) is 0 Å². The SMILES string of the molecule is COc1cccc([C@H]2O[C@H](Cc3nn[nH]n3)C(=O)N(CC3(C)COC(C)(C)OC3)c3ccc(Cl)cc32)c1OC. The van der Waals surface area contributed by atoms with Gasteiger partial charge in [-0.1, -0.05) is 35.9 Å². The number of carbonyl (C=O) groups excluding carboxylic acids is 1. The summed E-state index contributed by atoms with van der Waals surface area (Å²) in [5, 5.41) is 14.7. The standard InChI is InChI=1S/C27H32ClN5O6/c1-26(2)37-14-27(3,15-38-26)13-33-19-10-9-16(28)11-18(19)23(17-7-6-8-20(35-4)24(17)36-5)39-21(25(33)34)12-22-29-31-32-30-22/h6-11,21,23H,12-15H2,1-5H3,(H,29,30,31,32)/t21-,23-/m1/s1. The van der Waals surface area contributed by atoms with Gasteiger partial charge in [0.2, 0.25) is 0 Å². The van der Waals surface area contributed by atoms with E-state index in [9.17, 15) is 4.79 Å². The number of nitrogens with zero attached hydrogens (tertiary/aromatic N) is 4. The van der Waals surface area contributed by atoms with Crippen molar-refractivity contribution in [2.75, 3.05) is 38.9 Å². The number of H-pyrrole nitrogens is 1. The van der Waals surface area contributed by atoms with E-state index in [-0.39, 0.29) is 12.3 Å². The summed E-state index contributed by atoms with van der Waals surface area (Å²) < 4.78 is 29.9. The highest BCUT2D eigenvalue weighted by molar-refractivity contribution is 6.30. The molecule has 0 aliphatic carbocycles. The molecule has 3 aromatic rings. The molecular formula is C27H32ClN5O6. The maximum Gasteiger partial charge on any atom is 0.256 e. The molecule has 2 aliphatic heterocycles. The number of methoxy groups -OCH3 is 2. The van der Waals surface area contributed by atoms with Gasteiger partial charge in [0.1, 0.15) is 12.2 Å². The van der Waals surface area contributed by atoms with E-state index < -0.39 is 23.4 Å². The van der Waals surface area contributed by atoms with Crippen molar-refractivity contribution in [2.45, 2.75) is 45.2 Å². The summed E-state index contributed by atoms with van der Waals surface area (Å²) in [5.41, 5.74) is 1.58. The van der Waals surface area contributed by atoms with Crippen LogP contribution in [0.25, 0.3) is 0 Å². The number of carbonyl (C=O) groups is 1. The number of halogens is 1. The molecular weight excluding hydrogens is 526 g/mol. The van der Waals surface area contributed by atoms with Crippen molar-refractivity contribution < 1.29 is 28.5 Å². The van der Waals surface area contributed by atoms with E-state index in [0.717, 1.165) is 0 Å². The van der Waals surface area contributed by atoms with Gasteiger partial charge in [0.25, 0.3) is 5.91 Å². The van der Waals surface area contributed by atoms with E-state index in [4.69, 9.17) is 35.3 Å². The molecule has 1 aromatic heterocycles. The first-order valence-electron chi connectivity index (χ1n) is 12.6. The normalized spacial score (nSPS) is 22.2. The fraction of sp³-hybridized carbons (Fsp3) is 0.481. The number of aromatic amines is 1. The average molecular weight is 558 g/mol. The third kappa shape index (κ3) is 5.58. The summed E-state index contributed by atoms with van der Waals surface area (Å²) >= 11 is 6.51. The first kappa shape index (κ1) is 27.3. The molecule has 0 bridgehead atoms. The number of amides is 1. The Hall–Kier alpha value is -3.25.